The number of rotatable bonds is 12. The van der Waals surface area contributed by atoms with Gasteiger partial charge in [0, 0.05) is 51.4 Å². The Bertz CT molecular complexity index is 1240. The number of nitrogens with two attached hydrogens (primary N) is 1. The van der Waals surface area contributed by atoms with E-state index in [9.17, 15) is 40.5 Å². The Labute approximate surface area is 277 Å². The van der Waals surface area contributed by atoms with E-state index in [4.69, 9.17) is 41.0 Å². The van der Waals surface area contributed by atoms with E-state index >= 15 is 0 Å². The zero-order valence-corrected chi connectivity index (χ0v) is 26.9. The number of carbonyl (C=O) groups excluding carboxylic acids is 1. The highest BCUT2D eigenvalue weighted by Gasteiger charge is 2.62. The highest BCUT2D eigenvalue weighted by atomic mass is 35.5. The van der Waals surface area contributed by atoms with Gasteiger partial charge < -0.3 is 75.0 Å². The standard InChI is InChI=1S/C30H46ClN3O13/c1-43-9-2-6-33-7-3-15(4-8-33)34(28(42)17-11-18(31)21(32)16-5-10-44-25(16)17)30(14-37)27(41)26(20(13-36)47-30)46-29-24(40)23(39)22(38)19(12-35)45-29/h11,15,19-20,22-24,26-27,29,35-41H,2-10,12-14,32H2,1H3/t19?,20-,22+,23-,24?,26?,27-,29+,30-/m1/s1. The molecule has 9 atom stereocenters. The van der Waals surface area contributed by atoms with Gasteiger partial charge in [0.25, 0.3) is 5.91 Å². The first-order chi connectivity index (χ1) is 22.5. The van der Waals surface area contributed by atoms with E-state index in [2.05, 4.69) is 4.90 Å². The van der Waals surface area contributed by atoms with Crippen LogP contribution in [0.4, 0.5) is 5.69 Å². The van der Waals surface area contributed by atoms with Crippen molar-refractivity contribution in [1.29, 1.82) is 0 Å². The molecule has 3 unspecified atom stereocenters. The van der Waals surface area contributed by atoms with Gasteiger partial charge in [-0.05, 0) is 25.3 Å². The average molecular weight is 692 g/mol. The van der Waals surface area contributed by atoms with Gasteiger partial charge in [-0.3, -0.25) is 4.79 Å². The SMILES string of the molecule is COCCCN1CCC(N(C(=O)c2cc(Cl)c(N)c3c2OCC3)[C@]2(CO)O[C@H](CO)C(O[C@@H]3OC(CO)[C@H](O)[C@@H](O)C3O)[C@H]2O)CC1. The molecule has 47 heavy (non-hydrogen) atoms. The third-order valence-corrected chi connectivity index (χ3v) is 9.93. The number of halogens is 1. The van der Waals surface area contributed by atoms with Crippen molar-refractivity contribution in [2.24, 2.45) is 0 Å². The highest BCUT2D eigenvalue weighted by Crippen LogP contribution is 2.44. The number of likely N-dealkylation sites (tertiary alicyclic amines) is 1. The predicted molar refractivity (Wildman–Crippen MR) is 164 cm³/mol. The fraction of sp³-hybridized carbons (Fsp3) is 0.767. The van der Waals surface area contributed by atoms with Crippen LogP contribution in [0.25, 0.3) is 0 Å². The largest absolute Gasteiger partial charge is 0.492 e. The molecule has 4 heterocycles. The van der Waals surface area contributed by atoms with Crippen LogP contribution in [0.2, 0.25) is 5.02 Å². The number of anilines is 1. The number of ether oxygens (including phenoxy) is 5. The molecule has 0 spiro atoms. The molecular formula is C30H46ClN3O13. The molecule has 5 rings (SSSR count). The number of benzene rings is 1. The molecule has 17 heteroatoms. The number of carbonyl (C=O) groups is 1. The van der Waals surface area contributed by atoms with Crippen molar-refractivity contribution >= 4 is 23.2 Å². The van der Waals surface area contributed by atoms with E-state index in [0.717, 1.165) is 13.0 Å². The van der Waals surface area contributed by atoms with E-state index in [0.29, 0.717) is 44.5 Å². The molecule has 3 saturated heterocycles. The Morgan fingerprint density at radius 1 is 1.11 bits per heavy atom. The van der Waals surface area contributed by atoms with E-state index in [1.807, 2.05) is 0 Å². The topological polar surface area (TPSA) is 237 Å². The lowest BCUT2D eigenvalue weighted by molar-refractivity contribution is -0.318. The van der Waals surface area contributed by atoms with Crippen molar-refractivity contribution in [3.8, 4) is 5.75 Å². The quantitative estimate of drug-likeness (QED) is 0.0830. The molecule has 1 aromatic rings. The lowest BCUT2D eigenvalue weighted by Crippen LogP contribution is -2.66. The Kier molecular flexibility index (Phi) is 11.9. The molecule has 0 radical (unpaired) electrons. The Hall–Kier alpha value is -1.90. The number of nitrogens with zero attached hydrogens (tertiary/aromatic N) is 2. The summed E-state index contributed by atoms with van der Waals surface area (Å²) < 4.78 is 28.5. The Morgan fingerprint density at radius 2 is 1.81 bits per heavy atom. The van der Waals surface area contributed by atoms with Gasteiger partial charge in [0.05, 0.1) is 42.7 Å². The summed E-state index contributed by atoms with van der Waals surface area (Å²) in [5.41, 5.74) is 4.93. The Morgan fingerprint density at radius 3 is 2.45 bits per heavy atom. The molecule has 1 amide bonds. The van der Waals surface area contributed by atoms with Gasteiger partial charge in [0.2, 0.25) is 0 Å². The third kappa shape index (κ3) is 6.81. The lowest BCUT2D eigenvalue weighted by atomic mass is 9.93. The molecular weight excluding hydrogens is 646 g/mol. The number of piperidine rings is 1. The molecule has 3 fully saturated rings. The molecule has 0 bridgehead atoms. The van der Waals surface area contributed by atoms with Crippen LogP contribution in [0.3, 0.4) is 0 Å². The molecule has 4 aliphatic rings. The van der Waals surface area contributed by atoms with E-state index in [1.165, 1.54) is 11.0 Å². The zero-order valence-electron chi connectivity index (χ0n) is 26.2. The summed E-state index contributed by atoms with van der Waals surface area (Å²) in [6, 6.07) is 0.801. The molecule has 4 aliphatic heterocycles. The summed E-state index contributed by atoms with van der Waals surface area (Å²) in [4.78, 5) is 18.2. The molecule has 0 aliphatic carbocycles. The van der Waals surface area contributed by atoms with Crippen molar-refractivity contribution in [1.82, 2.24) is 9.80 Å². The van der Waals surface area contributed by atoms with Gasteiger partial charge in [0.15, 0.2) is 12.0 Å². The maximum atomic E-state index is 14.7. The van der Waals surface area contributed by atoms with Gasteiger partial charge in [-0.25, -0.2) is 0 Å². The number of aliphatic hydroxyl groups excluding tert-OH is 7. The van der Waals surface area contributed by atoms with Gasteiger partial charge in [-0.15, -0.1) is 0 Å². The maximum Gasteiger partial charge on any atom is 0.260 e. The first-order valence-corrected chi connectivity index (χ1v) is 16.2. The van der Waals surface area contributed by atoms with Gasteiger partial charge in [0.1, 0.15) is 48.5 Å². The van der Waals surface area contributed by atoms with E-state index in [1.54, 1.807) is 7.11 Å². The number of fused-ring (bicyclic) bond motifs is 1. The molecule has 266 valence electrons. The fourth-order valence-corrected chi connectivity index (χ4v) is 7.26. The number of hydrogen-bond acceptors (Lipinski definition) is 15. The van der Waals surface area contributed by atoms with Crippen LogP contribution in [0.1, 0.15) is 35.2 Å². The van der Waals surface area contributed by atoms with Crippen LogP contribution < -0.4 is 10.5 Å². The molecule has 0 saturated carbocycles. The summed E-state index contributed by atoms with van der Waals surface area (Å²) >= 11 is 6.46. The minimum Gasteiger partial charge on any atom is -0.492 e. The van der Waals surface area contributed by atoms with Crippen LogP contribution >= 0.6 is 11.6 Å². The van der Waals surface area contributed by atoms with E-state index < -0.39 is 86.5 Å². The number of methoxy groups -OCH3 is 1. The second-order valence-corrected chi connectivity index (χ2v) is 12.8. The number of amides is 1. The zero-order chi connectivity index (χ0) is 34.0. The molecule has 9 N–H and O–H groups in total. The summed E-state index contributed by atoms with van der Waals surface area (Å²) in [5.74, 6) is -0.423. The van der Waals surface area contributed by atoms with Crippen LogP contribution in [0.15, 0.2) is 6.07 Å². The third-order valence-electron chi connectivity index (χ3n) is 9.61. The summed E-state index contributed by atoms with van der Waals surface area (Å²) in [6.45, 7) is 0.419. The highest BCUT2D eigenvalue weighted by molar-refractivity contribution is 6.33. The summed E-state index contributed by atoms with van der Waals surface area (Å²) in [5, 5.41) is 74.1. The van der Waals surface area contributed by atoms with Gasteiger partial charge in [-0.2, -0.15) is 0 Å². The Balaban J connectivity index is 1.50. The fourth-order valence-electron chi connectivity index (χ4n) is 7.04. The monoisotopic (exact) mass is 691 g/mol. The van der Waals surface area contributed by atoms with Crippen molar-refractivity contribution in [2.75, 3.05) is 65.5 Å². The minimum atomic E-state index is -2.18. The van der Waals surface area contributed by atoms with Gasteiger partial charge >= 0.3 is 0 Å². The van der Waals surface area contributed by atoms with Crippen molar-refractivity contribution < 1.29 is 64.2 Å². The molecule has 1 aromatic carbocycles. The van der Waals surface area contributed by atoms with Crippen molar-refractivity contribution in [3.63, 3.8) is 0 Å². The van der Waals surface area contributed by atoms with Crippen molar-refractivity contribution in [2.45, 2.75) is 86.5 Å². The van der Waals surface area contributed by atoms with Crippen molar-refractivity contribution in [3.05, 3.63) is 22.2 Å². The lowest BCUT2D eigenvalue weighted by Gasteiger charge is -2.48. The minimum absolute atomic E-state index is 0.0571. The van der Waals surface area contributed by atoms with E-state index in [-0.39, 0.29) is 28.6 Å². The average Bonchev–Trinajstić information content (AvgIpc) is 3.67. The van der Waals surface area contributed by atoms with Crippen LogP contribution in [0.5, 0.6) is 5.75 Å². The van der Waals surface area contributed by atoms with Crippen LogP contribution in [0, 0.1) is 0 Å². The molecule has 16 nitrogen and oxygen atoms in total. The first-order valence-electron chi connectivity index (χ1n) is 15.8. The predicted octanol–water partition coefficient (Wildman–Crippen LogP) is -2.57. The number of hydrogen-bond donors (Lipinski definition) is 8. The van der Waals surface area contributed by atoms with Crippen LogP contribution in [-0.4, -0.2) is 172 Å². The first kappa shape index (κ1) is 36.4. The normalized spacial score (nSPS) is 34.7. The summed E-state index contributed by atoms with van der Waals surface area (Å²) in [7, 11) is 1.63. The summed E-state index contributed by atoms with van der Waals surface area (Å²) in [6.07, 6.45) is -10.8. The number of aliphatic hydroxyl groups is 7. The maximum absolute atomic E-state index is 14.7. The second-order valence-electron chi connectivity index (χ2n) is 12.4. The smallest absolute Gasteiger partial charge is 0.260 e. The van der Waals surface area contributed by atoms with Gasteiger partial charge in [-0.1, -0.05) is 11.6 Å². The second kappa shape index (κ2) is 15.3. The van der Waals surface area contributed by atoms with Crippen LogP contribution in [-0.2, 0) is 25.4 Å². The number of nitrogen functional groups attached to an aromatic ring is 1. The molecule has 0 aromatic heterocycles.